The van der Waals surface area contributed by atoms with E-state index in [1.54, 1.807) is 26.5 Å². The molecule has 0 aliphatic rings. The zero-order chi connectivity index (χ0) is 18.4. The van der Waals surface area contributed by atoms with Crippen molar-refractivity contribution in [1.29, 1.82) is 0 Å². The first kappa shape index (κ1) is 17.8. The lowest BCUT2D eigenvalue weighted by Crippen LogP contribution is -2.19. The molecule has 0 radical (unpaired) electrons. The number of nitrogens with one attached hydrogen (secondary N) is 2. The number of nitrogens with zero attached hydrogens (tertiary/aromatic N) is 2. The molecule has 0 aliphatic carbocycles. The van der Waals surface area contributed by atoms with Gasteiger partial charge in [-0.25, -0.2) is 0 Å². The summed E-state index contributed by atoms with van der Waals surface area (Å²) in [7, 11) is 3.22. The highest BCUT2D eigenvalue weighted by molar-refractivity contribution is 7.80. The van der Waals surface area contributed by atoms with Gasteiger partial charge in [0.25, 0.3) is 0 Å². The van der Waals surface area contributed by atoms with Gasteiger partial charge in [-0.3, -0.25) is 4.68 Å². The van der Waals surface area contributed by atoms with Gasteiger partial charge in [-0.2, -0.15) is 5.10 Å². The van der Waals surface area contributed by atoms with Crippen LogP contribution in [0.2, 0.25) is 0 Å². The smallest absolute Gasteiger partial charge is 0.175 e. The van der Waals surface area contributed by atoms with Crippen LogP contribution in [0.1, 0.15) is 5.56 Å². The van der Waals surface area contributed by atoms with Crippen molar-refractivity contribution in [2.75, 3.05) is 24.9 Å². The molecule has 0 atom stereocenters. The van der Waals surface area contributed by atoms with E-state index in [9.17, 15) is 0 Å². The average molecular weight is 368 g/mol. The van der Waals surface area contributed by atoms with E-state index in [0.29, 0.717) is 23.2 Å². The van der Waals surface area contributed by atoms with Crippen molar-refractivity contribution in [3.05, 3.63) is 66.5 Å². The van der Waals surface area contributed by atoms with Crippen molar-refractivity contribution < 1.29 is 9.47 Å². The van der Waals surface area contributed by atoms with Gasteiger partial charge in [-0.1, -0.05) is 12.1 Å². The van der Waals surface area contributed by atoms with Gasteiger partial charge in [0.05, 0.1) is 20.8 Å². The number of ether oxygens (including phenoxy) is 2. The van der Waals surface area contributed by atoms with Crippen LogP contribution in [0.4, 0.5) is 11.4 Å². The van der Waals surface area contributed by atoms with Crippen molar-refractivity contribution >= 4 is 28.7 Å². The van der Waals surface area contributed by atoms with Crippen molar-refractivity contribution in [3.8, 4) is 11.5 Å². The molecule has 3 rings (SSSR count). The Balaban J connectivity index is 1.66. The molecular formula is C19H20N4O2S. The summed E-state index contributed by atoms with van der Waals surface area (Å²) in [6.07, 6.45) is 3.70. The molecule has 0 saturated heterocycles. The van der Waals surface area contributed by atoms with Gasteiger partial charge < -0.3 is 20.1 Å². The van der Waals surface area contributed by atoms with E-state index in [1.807, 2.05) is 47.3 Å². The maximum atomic E-state index is 5.41. The molecule has 134 valence electrons. The number of hydrogen-bond acceptors (Lipinski definition) is 4. The predicted octanol–water partition coefficient (Wildman–Crippen LogP) is 3.76. The maximum Gasteiger partial charge on any atom is 0.175 e. The van der Waals surface area contributed by atoms with Crippen LogP contribution in [0.5, 0.6) is 11.5 Å². The number of methoxy groups -OCH3 is 2. The minimum atomic E-state index is 0.483. The Morgan fingerprint density at radius 1 is 1.00 bits per heavy atom. The normalized spacial score (nSPS) is 10.2. The largest absolute Gasteiger partial charge is 0.497 e. The fourth-order valence-corrected chi connectivity index (χ4v) is 2.74. The monoisotopic (exact) mass is 368 g/mol. The molecule has 6 nitrogen and oxygen atoms in total. The van der Waals surface area contributed by atoms with E-state index in [2.05, 4.69) is 21.8 Å². The molecule has 3 aromatic rings. The quantitative estimate of drug-likeness (QED) is 0.646. The summed E-state index contributed by atoms with van der Waals surface area (Å²) in [5.41, 5.74) is 2.82. The molecule has 0 saturated carbocycles. The van der Waals surface area contributed by atoms with Gasteiger partial charge in [0.1, 0.15) is 11.5 Å². The molecule has 0 unspecified atom stereocenters. The molecule has 1 aromatic heterocycles. The Kier molecular flexibility index (Phi) is 5.70. The van der Waals surface area contributed by atoms with E-state index >= 15 is 0 Å². The summed E-state index contributed by atoms with van der Waals surface area (Å²) in [6, 6.07) is 15.5. The highest BCUT2D eigenvalue weighted by Crippen LogP contribution is 2.26. The fraction of sp³-hybridized carbons (Fsp3) is 0.158. The molecule has 0 spiro atoms. The lowest BCUT2D eigenvalue weighted by atomic mass is 10.2. The second-order valence-corrected chi connectivity index (χ2v) is 5.99. The summed E-state index contributed by atoms with van der Waals surface area (Å²) in [6.45, 7) is 0.704. The molecule has 0 bridgehead atoms. The molecule has 0 amide bonds. The third-order valence-electron chi connectivity index (χ3n) is 3.70. The van der Waals surface area contributed by atoms with Crippen molar-refractivity contribution in [1.82, 2.24) is 9.78 Å². The van der Waals surface area contributed by atoms with E-state index in [1.165, 1.54) is 0 Å². The zero-order valence-corrected chi connectivity index (χ0v) is 15.4. The predicted molar refractivity (Wildman–Crippen MR) is 107 cm³/mol. The Hall–Kier alpha value is -3.06. The Bertz CT molecular complexity index is 859. The highest BCUT2D eigenvalue weighted by Gasteiger charge is 2.05. The van der Waals surface area contributed by atoms with E-state index in [-0.39, 0.29) is 0 Å². The van der Waals surface area contributed by atoms with Crippen LogP contribution >= 0.6 is 12.2 Å². The SMILES string of the molecule is COc1cc(NC(=S)Nc2cccc(Cn3cccn3)c2)cc(OC)c1. The van der Waals surface area contributed by atoms with Gasteiger partial charge in [0.2, 0.25) is 0 Å². The number of benzene rings is 2. The third kappa shape index (κ3) is 4.73. The standard InChI is InChI=1S/C19H20N4O2S/c1-24-17-10-16(11-18(12-17)25-2)22-19(26)21-15-6-3-5-14(9-15)13-23-8-4-7-20-23/h3-12H,13H2,1-2H3,(H2,21,22,26). The zero-order valence-electron chi connectivity index (χ0n) is 14.6. The number of aromatic nitrogens is 2. The van der Waals surface area contributed by atoms with Crippen LogP contribution in [-0.4, -0.2) is 29.1 Å². The molecule has 2 N–H and O–H groups in total. The summed E-state index contributed by atoms with van der Waals surface area (Å²) in [5, 5.41) is 11.0. The number of hydrogen-bond donors (Lipinski definition) is 2. The number of thiocarbonyl (C=S) groups is 1. The summed E-state index contributed by atoms with van der Waals surface area (Å²) < 4.78 is 12.4. The first-order valence-electron chi connectivity index (χ1n) is 8.04. The van der Waals surface area contributed by atoms with Gasteiger partial charge in [0, 0.05) is 42.0 Å². The summed E-state index contributed by atoms with van der Waals surface area (Å²) >= 11 is 5.41. The van der Waals surface area contributed by atoms with Crippen molar-refractivity contribution in [2.45, 2.75) is 6.54 Å². The molecule has 1 heterocycles. The highest BCUT2D eigenvalue weighted by atomic mass is 32.1. The lowest BCUT2D eigenvalue weighted by molar-refractivity contribution is 0.395. The van der Waals surface area contributed by atoms with Crippen LogP contribution in [0, 0.1) is 0 Å². The second kappa shape index (κ2) is 8.35. The minimum absolute atomic E-state index is 0.483. The molecule has 0 fully saturated rings. The number of anilines is 2. The van der Waals surface area contributed by atoms with Crippen LogP contribution in [-0.2, 0) is 6.54 Å². The molecule has 26 heavy (non-hydrogen) atoms. The van der Waals surface area contributed by atoms with Gasteiger partial charge in [-0.15, -0.1) is 0 Å². The average Bonchev–Trinajstić information content (AvgIpc) is 3.14. The minimum Gasteiger partial charge on any atom is -0.497 e. The number of rotatable bonds is 6. The Labute approximate surface area is 157 Å². The Morgan fingerprint density at radius 2 is 1.73 bits per heavy atom. The molecular weight excluding hydrogens is 348 g/mol. The van der Waals surface area contributed by atoms with Gasteiger partial charge >= 0.3 is 0 Å². The second-order valence-electron chi connectivity index (χ2n) is 5.58. The van der Waals surface area contributed by atoms with Crippen molar-refractivity contribution in [3.63, 3.8) is 0 Å². The maximum absolute atomic E-state index is 5.41. The van der Waals surface area contributed by atoms with E-state index in [0.717, 1.165) is 16.9 Å². The van der Waals surface area contributed by atoms with Crippen LogP contribution < -0.4 is 20.1 Å². The fourth-order valence-electron chi connectivity index (χ4n) is 2.50. The topological polar surface area (TPSA) is 60.3 Å². The van der Waals surface area contributed by atoms with Crippen LogP contribution in [0.25, 0.3) is 0 Å². The first-order valence-corrected chi connectivity index (χ1v) is 8.44. The van der Waals surface area contributed by atoms with Crippen molar-refractivity contribution in [2.24, 2.45) is 0 Å². The lowest BCUT2D eigenvalue weighted by Gasteiger charge is -2.13. The van der Waals surface area contributed by atoms with Crippen LogP contribution in [0.15, 0.2) is 60.9 Å². The first-order chi connectivity index (χ1) is 12.7. The summed E-state index contributed by atoms with van der Waals surface area (Å²) in [5.74, 6) is 1.38. The van der Waals surface area contributed by atoms with Crippen LogP contribution in [0.3, 0.4) is 0 Å². The molecule has 2 aromatic carbocycles. The summed E-state index contributed by atoms with van der Waals surface area (Å²) in [4.78, 5) is 0. The Morgan fingerprint density at radius 3 is 2.38 bits per heavy atom. The van der Waals surface area contributed by atoms with Gasteiger partial charge in [0.15, 0.2) is 5.11 Å². The van der Waals surface area contributed by atoms with E-state index < -0.39 is 0 Å². The van der Waals surface area contributed by atoms with Gasteiger partial charge in [-0.05, 0) is 36.0 Å². The molecule has 0 aliphatic heterocycles. The third-order valence-corrected chi connectivity index (χ3v) is 3.90. The van der Waals surface area contributed by atoms with E-state index in [4.69, 9.17) is 21.7 Å². The molecule has 7 heteroatoms.